The Morgan fingerprint density at radius 2 is 2.24 bits per heavy atom. The van der Waals surface area contributed by atoms with Crippen molar-refractivity contribution >= 4 is 30.2 Å². The van der Waals surface area contributed by atoms with Crippen molar-refractivity contribution in [1.82, 2.24) is 0 Å². The fourth-order valence-corrected chi connectivity index (χ4v) is 2.01. The number of alkyl halides is 1. The van der Waals surface area contributed by atoms with E-state index in [1.54, 1.807) is 19.1 Å². The first-order valence-electron chi connectivity index (χ1n) is 5.08. The number of halogens is 1. The molecule has 1 aromatic carbocycles. The third-order valence-corrected chi connectivity index (χ3v) is 2.91. The zero-order valence-corrected chi connectivity index (χ0v) is 11.0. The van der Waals surface area contributed by atoms with Crippen LogP contribution in [-0.2, 0) is 21.8 Å². The molecule has 0 atom stereocenters. The molecule has 1 aromatic rings. The van der Waals surface area contributed by atoms with E-state index in [0.717, 1.165) is 5.56 Å². The van der Waals surface area contributed by atoms with Gasteiger partial charge in [0.05, 0.1) is 24.7 Å². The van der Waals surface area contributed by atoms with E-state index in [1.807, 2.05) is 6.07 Å². The molecule has 0 saturated carbocycles. The van der Waals surface area contributed by atoms with Gasteiger partial charge in [-0.2, -0.15) is 5.26 Å². The average molecular weight is 270 g/mol. The monoisotopic (exact) mass is 269 g/mol. The highest BCUT2D eigenvalue weighted by Crippen LogP contribution is 2.22. The van der Waals surface area contributed by atoms with E-state index in [1.165, 1.54) is 0 Å². The highest BCUT2D eigenvalue weighted by atomic mass is 35.5. The zero-order chi connectivity index (χ0) is 12.8. The number of carbonyl (C=O) groups excluding carboxylic acids is 1. The Kier molecular flexibility index (Phi) is 5.33. The SMILES string of the molecule is CCOC(=O)Cc1cc(S)c(CCl)cc1C#N. The number of hydrogen-bond donors (Lipinski definition) is 1. The first-order valence-corrected chi connectivity index (χ1v) is 6.07. The summed E-state index contributed by atoms with van der Waals surface area (Å²) in [7, 11) is 0. The summed E-state index contributed by atoms with van der Waals surface area (Å²) in [5.74, 6) is -0.0666. The van der Waals surface area contributed by atoms with Crippen LogP contribution in [0.2, 0.25) is 0 Å². The second-order valence-corrected chi connectivity index (χ2v) is 4.11. The summed E-state index contributed by atoms with van der Waals surface area (Å²) in [5.41, 5.74) is 1.83. The van der Waals surface area contributed by atoms with Gasteiger partial charge < -0.3 is 4.74 Å². The summed E-state index contributed by atoms with van der Waals surface area (Å²) in [6.07, 6.45) is 0.0762. The zero-order valence-electron chi connectivity index (χ0n) is 9.36. The number of carbonyl (C=O) groups is 1. The molecule has 0 heterocycles. The normalized spacial score (nSPS) is 9.76. The second-order valence-electron chi connectivity index (χ2n) is 3.37. The predicted octanol–water partition coefficient (Wildman–Crippen LogP) is 2.69. The lowest BCUT2D eigenvalue weighted by atomic mass is 10.0. The van der Waals surface area contributed by atoms with Crippen molar-refractivity contribution in [2.24, 2.45) is 0 Å². The molecule has 0 fully saturated rings. The summed E-state index contributed by atoms with van der Waals surface area (Å²) < 4.78 is 4.84. The van der Waals surface area contributed by atoms with E-state index in [2.05, 4.69) is 12.6 Å². The van der Waals surface area contributed by atoms with Crippen LogP contribution in [0.3, 0.4) is 0 Å². The number of rotatable bonds is 4. The number of thiol groups is 1. The summed E-state index contributed by atoms with van der Waals surface area (Å²) >= 11 is 9.98. The number of hydrogen-bond acceptors (Lipinski definition) is 4. The molecule has 0 saturated heterocycles. The standard InChI is InChI=1S/C12H12ClNO2S/c1-2-16-12(15)5-8-4-11(17)9(6-13)3-10(8)7-14/h3-4,17H,2,5-6H2,1H3. The third-order valence-electron chi connectivity index (χ3n) is 2.21. The Balaban J connectivity index is 3.03. The lowest BCUT2D eigenvalue weighted by Crippen LogP contribution is -2.09. The molecule has 0 N–H and O–H groups in total. The van der Waals surface area contributed by atoms with E-state index in [9.17, 15) is 4.79 Å². The maximum Gasteiger partial charge on any atom is 0.310 e. The van der Waals surface area contributed by atoms with Crippen molar-refractivity contribution in [3.05, 3.63) is 28.8 Å². The second kappa shape index (κ2) is 6.53. The van der Waals surface area contributed by atoms with Gasteiger partial charge >= 0.3 is 5.97 Å². The predicted molar refractivity (Wildman–Crippen MR) is 68.3 cm³/mol. The van der Waals surface area contributed by atoms with Crippen molar-refractivity contribution in [2.75, 3.05) is 6.61 Å². The van der Waals surface area contributed by atoms with Crippen molar-refractivity contribution in [3.63, 3.8) is 0 Å². The highest BCUT2D eigenvalue weighted by molar-refractivity contribution is 7.80. The van der Waals surface area contributed by atoms with Gasteiger partial charge in [0.1, 0.15) is 0 Å². The third kappa shape index (κ3) is 3.65. The minimum Gasteiger partial charge on any atom is -0.466 e. The number of esters is 1. The molecule has 0 unspecified atom stereocenters. The van der Waals surface area contributed by atoms with Gasteiger partial charge in [0.2, 0.25) is 0 Å². The first kappa shape index (κ1) is 13.9. The fraction of sp³-hybridized carbons (Fsp3) is 0.333. The minimum absolute atomic E-state index is 0.0762. The molecule has 0 aliphatic carbocycles. The fourth-order valence-electron chi connectivity index (χ4n) is 1.40. The Labute approximate surface area is 111 Å². The van der Waals surface area contributed by atoms with Gasteiger partial charge in [-0.1, -0.05) is 0 Å². The van der Waals surface area contributed by atoms with E-state index in [4.69, 9.17) is 21.6 Å². The van der Waals surface area contributed by atoms with Crippen molar-refractivity contribution in [3.8, 4) is 6.07 Å². The minimum atomic E-state index is -0.352. The van der Waals surface area contributed by atoms with E-state index in [0.29, 0.717) is 22.6 Å². The Bertz CT molecular complexity index is 468. The highest BCUT2D eigenvalue weighted by Gasteiger charge is 2.11. The molecule has 0 radical (unpaired) electrons. The van der Waals surface area contributed by atoms with Gasteiger partial charge in [-0.25, -0.2) is 0 Å². The van der Waals surface area contributed by atoms with Crippen LogP contribution >= 0.6 is 24.2 Å². The van der Waals surface area contributed by atoms with Gasteiger partial charge in [0.25, 0.3) is 0 Å². The lowest BCUT2D eigenvalue weighted by Gasteiger charge is -2.08. The van der Waals surface area contributed by atoms with Crippen LogP contribution in [-0.4, -0.2) is 12.6 Å². The molecule has 5 heteroatoms. The molecular formula is C12H12ClNO2S. The van der Waals surface area contributed by atoms with Crippen molar-refractivity contribution < 1.29 is 9.53 Å². The van der Waals surface area contributed by atoms with Crippen LogP contribution in [0.4, 0.5) is 0 Å². The van der Waals surface area contributed by atoms with Crippen LogP contribution in [0.5, 0.6) is 0 Å². The molecule has 17 heavy (non-hydrogen) atoms. The van der Waals surface area contributed by atoms with Gasteiger partial charge in [-0.05, 0) is 30.2 Å². The maximum absolute atomic E-state index is 11.4. The maximum atomic E-state index is 11.4. The van der Waals surface area contributed by atoms with E-state index < -0.39 is 0 Å². The van der Waals surface area contributed by atoms with Gasteiger partial charge in [-0.15, -0.1) is 24.2 Å². The van der Waals surface area contributed by atoms with E-state index in [-0.39, 0.29) is 18.3 Å². The number of ether oxygens (including phenoxy) is 1. The Morgan fingerprint density at radius 1 is 1.53 bits per heavy atom. The van der Waals surface area contributed by atoms with Crippen LogP contribution in [0.15, 0.2) is 17.0 Å². The molecule has 0 amide bonds. The molecular weight excluding hydrogens is 258 g/mol. The molecule has 0 aliphatic heterocycles. The van der Waals surface area contributed by atoms with Crippen LogP contribution in [0.25, 0.3) is 0 Å². The largest absolute Gasteiger partial charge is 0.466 e. The summed E-state index contributed by atoms with van der Waals surface area (Å²) in [6.45, 7) is 2.07. The van der Waals surface area contributed by atoms with Gasteiger partial charge in [-0.3, -0.25) is 4.79 Å². The summed E-state index contributed by atoms with van der Waals surface area (Å²) in [4.78, 5) is 12.0. The smallest absolute Gasteiger partial charge is 0.310 e. The molecule has 0 spiro atoms. The topological polar surface area (TPSA) is 50.1 Å². The summed E-state index contributed by atoms with van der Waals surface area (Å²) in [6, 6.07) is 5.39. The first-order chi connectivity index (χ1) is 8.12. The molecule has 1 rings (SSSR count). The quantitative estimate of drug-likeness (QED) is 0.519. The molecule has 0 bridgehead atoms. The van der Waals surface area contributed by atoms with Crippen LogP contribution in [0.1, 0.15) is 23.6 Å². The van der Waals surface area contributed by atoms with Crippen molar-refractivity contribution in [1.29, 1.82) is 5.26 Å². The molecule has 90 valence electrons. The molecule has 0 aromatic heterocycles. The number of nitrogens with zero attached hydrogens (tertiary/aromatic N) is 1. The molecule has 0 aliphatic rings. The average Bonchev–Trinajstić information content (AvgIpc) is 2.29. The Hall–Kier alpha value is -1.18. The van der Waals surface area contributed by atoms with E-state index >= 15 is 0 Å². The van der Waals surface area contributed by atoms with Gasteiger partial charge in [0, 0.05) is 10.8 Å². The number of benzene rings is 1. The van der Waals surface area contributed by atoms with Crippen LogP contribution < -0.4 is 0 Å². The lowest BCUT2D eigenvalue weighted by molar-refractivity contribution is -0.142. The van der Waals surface area contributed by atoms with Gasteiger partial charge in [0.15, 0.2) is 0 Å². The molecule has 3 nitrogen and oxygen atoms in total. The van der Waals surface area contributed by atoms with Crippen molar-refractivity contribution in [2.45, 2.75) is 24.1 Å². The Morgan fingerprint density at radius 3 is 2.76 bits per heavy atom. The summed E-state index contributed by atoms with van der Waals surface area (Å²) in [5, 5.41) is 9.00. The number of nitriles is 1. The van der Waals surface area contributed by atoms with Crippen LogP contribution in [0, 0.1) is 11.3 Å².